The predicted molar refractivity (Wildman–Crippen MR) is 158 cm³/mol. The molecule has 0 spiro atoms. The van der Waals surface area contributed by atoms with Gasteiger partial charge < -0.3 is 46.0 Å². The third-order valence-corrected chi connectivity index (χ3v) is 4.00. The summed E-state index contributed by atoms with van der Waals surface area (Å²) >= 11 is 14.7. The SMILES string of the molecule is CCCC(=O)O.O=C(O)CCS.O=C(O)CCS.O=C(O)CCS.O=C(O)CCS.OCC(CO)(CO)CO. The molecule has 0 rings (SSSR count). The fourth-order valence-electron chi connectivity index (χ4n) is 0.896. The summed E-state index contributed by atoms with van der Waals surface area (Å²) in [5.74, 6) is -2.16. The second kappa shape index (κ2) is 41.1. The molecule has 9 N–H and O–H groups in total. The first-order valence-corrected chi connectivity index (χ1v) is 13.6. The predicted octanol–water partition coefficient (Wildman–Crippen LogP) is 0.377. The molecular formula is C21H44O14S4. The summed E-state index contributed by atoms with van der Waals surface area (Å²) < 4.78 is 0. The van der Waals surface area contributed by atoms with Crippen molar-refractivity contribution in [2.45, 2.75) is 45.4 Å². The second-order valence-corrected chi connectivity index (χ2v) is 8.53. The highest BCUT2D eigenvalue weighted by Gasteiger charge is 2.26. The van der Waals surface area contributed by atoms with Crippen LogP contribution < -0.4 is 0 Å². The van der Waals surface area contributed by atoms with Crippen molar-refractivity contribution in [1.29, 1.82) is 0 Å². The smallest absolute Gasteiger partial charge is 0.304 e. The highest BCUT2D eigenvalue weighted by Crippen LogP contribution is 2.11. The lowest BCUT2D eigenvalue weighted by Crippen LogP contribution is -2.37. The van der Waals surface area contributed by atoms with Crippen molar-refractivity contribution < 1.29 is 69.9 Å². The van der Waals surface area contributed by atoms with E-state index in [1.54, 1.807) is 0 Å². The minimum absolute atomic E-state index is 0.156. The molecule has 0 aliphatic carbocycles. The molecule has 0 aromatic carbocycles. The highest BCUT2D eigenvalue weighted by molar-refractivity contribution is 7.80. The van der Waals surface area contributed by atoms with Gasteiger partial charge in [0.2, 0.25) is 0 Å². The molecule has 0 heterocycles. The Morgan fingerprint density at radius 1 is 0.462 bits per heavy atom. The van der Waals surface area contributed by atoms with Crippen molar-refractivity contribution in [2.24, 2.45) is 5.41 Å². The van der Waals surface area contributed by atoms with Crippen LogP contribution in [0.5, 0.6) is 0 Å². The molecule has 0 aliphatic rings. The molecule has 0 saturated carbocycles. The van der Waals surface area contributed by atoms with E-state index in [0.717, 1.165) is 6.42 Å². The second-order valence-electron chi connectivity index (χ2n) is 6.75. The van der Waals surface area contributed by atoms with Gasteiger partial charge in [0.1, 0.15) is 0 Å². The Kier molecular flexibility index (Phi) is 53.1. The molecule has 0 fully saturated rings. The maximum Gasteiger partial charge on any atom is 0.304 e. The lowest BCUT2D eigenvalue weighted by Gasteiger charge is -2.23. The third kappa shape index (κ3) is 66.9. The number of aliphatic hydroxyl groups is 4. The molecule has 0 radical (unpaired) electrons. The number of hydrogen-bond donors (Lipinski definition) is 13. The largest absolute Gasteiger partial charge is 0.481 e. The fraction of sp³-hybridized carbons (Fsp3) is 0.762. The van der Waals surface area contributed by atoms with Gasteiger partial charge in [-0.05, 0) is 6.42 Å². The maximum absolute atomic E-state index is 9.60. The average Bonchev–Trinajstić information content (AvgIpc) is 2.82. The van der Waals surface area contributed by atoms with E-state index in [1.807, 2.05) is 6.92 Å². The number of thiol groups is 4. The Labute approximate surface area is 250 Å². The van der Waals surface area contributed by atoms with Gasteiger partial charge in [-0.15, -0.1) is 0 Å². The highest BCUT2D eigenvalue weighted by atomic mass is 32.1. The van der Waals surface area contributed by atoms with E-state index >= 15 is 0 Å². The quantitative estimate of drug-likeness (QED) is 0.114. The monoisotopic (exact) mass is 648 g/mol. The molecule has 0 bridgehead atoms. The standard InChI is InChI=1S/C5H12O4.C4H8O2.4C3H6O2S/c6-1-5(2-7,3-8)4-9;1-2-3-4(5)6;4*4-3(5)1-2-6/h6-9H,1-4H2;2-3H2,1H3,(H,5,6);4*6H,1-2H2,(H,4,5). The molecule has 0 unspecified atom stereocenters. The van der Waals surface area contributed by atoms with Gasteiger partial charge in [0.15, 0.2) is 0 Å². The van der Waals surface area contributed by atoms with Gasteiger partial charge in [0.05, 0.1) is 57.5 Å². The summed E-state index contributed by atoms with van der Waals surface area (Å²) in [4.78, 5) is 47.8. The van der Waals surface area contributed by atoms with Crippen LogP contribution in [-0.4, -0.2) is 125 Å². The van der Waals surface area contributed by atoms with Gasteiger partial charge in [0.25, 0.3) is 0 Å². The topological polar surface area (TPSA) is 267 Å². The molecule has 0 amide bonds. The summed E-state index contributed by atoms with van der Waals surface area (Å²) in [5, 5.41) is 73.4. The van der Waals surface area contributed by atoms with Crippen LogP contribution in [0.15, 0.2) is 0 Å². The summed E-state index contributed by atoms with van der Waals surface area (Å²) in [6, 6.07) is 0. The van der Waals surface area contributed by atoms with E-state index in [4.69, 9.17) is 46.0 Å². The van der Waals surface area contributed by atoms with Crippen LogP contribution in [0.3, 0.4) is 0 Å². The Morgan fingerprint density at radius 2 is 0.641 bits per heavy atom. The summed E-state index contributed by atoms with van der Waals surface area (Å²) in [5.41, 5.74) is -1.11. The molecule has 14 nitrogen and oxygen atoms in total. The van der Waals surface area contributed by atoms with Gasteiger partial charge >= 0.3 is 29.8 Å². The third-order valence-electron chi connectivity index (χ3n) is 3.11. The first-order chi connectivity index (χ1) is 18.1. The summed E-state index contributed by atoms with van der Waals surface area (Å²) in [7, 11) is 0. The van der Waals surface area contributed by atoms with E-state index < -0.39 is 61.7 Å². The van der Waals surface area contributed by atoms with E-state index in [-0.39, 0.29) is 25.7 Å². The van der Waals surface area contributed by atoms with Gasteiger partial charge in [-0.25, -0.2) is 0 Å². The van der Waals surface area contributed by atoms with Crippen molar-refractivity contribution >= 4 is 80.4 Å². The lowest BCUT2D eigenvalue weighted by atomic mass is 9.93. The molecule has 0 aromatic rings. The van der Waals surface area contributed by atoms with Crippen LogP contribution in [0.4, 0.5) is 0 Å². The lowest BCUT2D eigenvalue weighted by molar-refractivity contribution is -0.137. The van der Waals surface area contributed by atoms with Crippen LogP contribution in [0.25, 0.3) is 0 Å². The maximum atomic E-state index is 9.60. The van der Waals surface area contributed by atoms with E-state index in [9.17, 15) is 24.0 Å². The molecule has 0 saturated heterocycles. The molecule has 0 atom stereocenters. The Hall–Kier alpha value is -1.41. The molecule has 18 heteroatoms. The van der Waals surface area contributed by atoms with Gasteiger partial charge in [-0.3, -0.25) is 24.0 Å². The first kappa shape index (κ1) is 50.4. The zero-order valence-corrected chi connectivity index (χ0v) is 25.3. The summed E-state index contributed by atoms with van der Waals surface area (Å²) in [6.45, 7) is 0.216. The number of hydrogen-bond acceptors (Lipinski definition) is 13. The van der Waals surface area contributed by atoms with Crippen molar-refractivity contribution in [3.8, 4) is 0 Å². The minimum Gasteiger partial charge on any atom is -0.481 e. The van der Waals surface area contributed by atoms with Crippen molar-refractivity contribution in [3.05, 3.63) is 0 Å². The molecule has 39 heavy (non-hydrogen) atoms. The number of carboxylic acids is 5. The minimum atomic E-state index is -1.11. The van der Waals surface area contributed by atoms with Crippen molar-refractivity contribution in [2.75, 3.05) is 49.4 Å². The molecule has 0 aromatic heterocycles. The summed E-state index contributed by atoms with van der Waals surface area (Å²) in [6.07, 6.45) is 1.65. The Bertz CT molecular complexity index is 481. The first-order valence-electron chi connectivity index (χ1n) is 11.1. The Morgan fingerprint density at radius 3 is 0.641 bits per heavy atom. The Balaban J connectivity index is -0.0000000845. The van der Waals surface area contributed by atoms with Gasteiger partial charge in [0, 0.05) is 29.4 Å². The number of carboxylic acid groups (broad SMARTS) is 5. The number of rotatable bonds is 14. The van der Waals surface area contributed by atoms with Crippen LogP contribution in [0.2, 0.25) is 0 Å². The van der Waals surface area contributed by atoms with Crippen LogP contribution in [-0.2, 0) is 24.0 Å². The number of carbonyl (C=O) groups is 5. The zero-order chi connectivity index (χ0) is 32.3. The molecular weight excluding hydrogens is 604 g/mol. The van der Waals surface area contributed by atoms with Crippen LogP contribution in [0, 0.1) is 5.41 Å². The molecule has 236 valence electrons. The number of aliphatic carboxylic acids is 5. The van der Waals surface area contributed by atoms with Crippen LogP contribution >= 0.6 is 50.5 Å². The fourth-order valence-corrected chi connectivity index (χ4v) is 1.66. The van der Waals surface area contributed by atoms with E-state index in [2.05, 4.69) is 50.5 Å². The normalized spacial score (nSPS) is 9.05. The zero-order valence-electron chi connectivity index (χ0n) is 21.8. The van der Waals surface area contributed by atoms with Crippen molar-refractivity contribution in [1.82, 2.24) is 0 Å². The molecule has 0 aliphatic heterocycles. The van der Waals surface area contributed by atoms with E-state index in [0.29, 0.717) is 29.4 Å². The number of aliphatic hydroxyl groups excluding tert-OH is 4. The van der Waals surface area contributed by atoms with Crippen molar-refractivity contribution in [3.63, 3.8) is 0 Å². The van der Waals surface area contributed by atoms with Gasteiger partial charge in [-0.1, -0.05) is 6.92 Å². The average molecular weight is 649 g/mol. The van der Waals surface area contributed by atoms with Gasteiger partial charge in [-0.2, -0.15) is 50.5 Å². The van der Waals surface area contributed by atoms with E-state index in [1.165, 1.54) is 0 Å². The van der Waals surface area contributed by atoms with Crippen LogP contribution in [0.1, 0.15) is 45.4 Å².